The van der Waals surface area contributed by atoms with Crippen LogP contribution in [0.4, 0.5) is 0 Å². The van der Waals surface area contributed by atoms with Crippen LogP contribution in [0.5, 0.6) is 0 Å². The second kappa shape index (κ2) is 5.39. The first-order chi connectivity index (χ1) is 2.77. The smallest absolute Gasteiger partial charge is 0.304 e. The molecular formula is C3H10N2O2. The van der Waals surface area contributed by atoms with Crippen molar-refractivity contribution in [2.75, 3.05) is 6.54 Å². The average Bonchev–Trinajstić information content (AvgIpc) is 1.35. The highest BCUT2D eigenvalue weighted by Gasteiger charge is 1.87. The predicted molar refractivity (Wildman–Crippen MR) is 26.3 cm³/mol. The maximum atomic E-state index is 9.52. The number of nitrogens with two attached hydrogens (primary N) is 1. The van der Waals surface area contributed by atoms with Gasteiger partial charge in [0.05, 0.1) is 6.42 Å². The van der Waals surface area contributed by atoms with Crippen molar-refractivity contribution < 1.29 is 9.90 Å². The number of aliphatic carboxylic acids is 1. The Balaban J connectivity index is 0. The van der Waals surface area contributed by atoms with Gasteiger partial charge in [-0.2, -0.15) is 0 Å². The zero-order valence-corrected chi connectivity index (χ0v) is 4.05. The molecule has 0 aromatic rings. The van der Waals surface area contributed by atoms with E-state index in [0.29, 0.717) is 0 Å². The van der Waals surface area contributed by atoms with Gasteiger partial charge in [0.2, 0.25) is 0 Å². The first kappa shape index (κ1) is 9.63. The fourth-order valence-electron chi connectivity index (χ4n) is 0.123. The fraction of sp³-hybridized carbons (Fsp3) is 0.667. The molecule has 0 spiro atoms. The number of hydrogen-bond acceptors (Lipinski definition) is 3. The summed E-state index contributed by atoms with van der Waals surface area (Å²) in [5.41, 5.74) is 4.85. The molecule has 4 nitrogen and oxygen atoms in total. The fourth-order valence-corrected chi connectivity index (χ4v) is 0.123. The van der Waals surface area contributed by atoms with E-state index in [4.69, 9.17) is 10.8 Å². The lowest BCUT2D eigenvalue weighted by Crippen LogP contribution is -2.05. The third kappa shape index (κ3) is 10.8. The van der Waals surface area contributed by atoms with Crippen molar-refractivity contribution in [1.82, 2.24) is 6.15 Å². The van der Waals surface area contributed by atoms with Crippen LogP contribution in [0.25, 0.3) is 0 Å². The summed E-state index contributed by atoms with van der Waals surface area (Å²) >= 11 is 0. The van der Waals surface area contributed by atoms with Gasteiger partial charge in [0.25, 0.3) is 0 Å². The summed E-state index contributed by atoms with van der Waals surface area (Å²) in [7, 11) is 0. The molecule has 0 rings (SSSR count). The van der Waals surface area contributed by atoms with Crippen LogP contribution in [-0.2, 0) is 4.79 Å². The summed E-state index contributed by atoms with van der Waals surface area (Å²) in [6, 6.07) is 0. The van der Waals surface area contributed by atoms with Crippen LogP contribution in [0.3, 0.4) is 0 Å². The molecule has 0 amide bonds. The molecule has 0 aliphatic carbocycles. The van der Waals surface area contributed by atoms with Gasteiger partial charge >= 0.3 is 5.97 Å². The van der Waals surface area contributed by atoms with E-state index in [1.807, 2.05) is 0 Å². The van der Waals surface area contributed by atoms with Crippen LogP contribution >= 0.6 is 0 Å². The topological polar surface area (TPSA) is 98.3 Å². The molecule has 0 radical (unpaired) electrons. The summed E-state index contributed by atoms with van der Waals surface area (Å²) < 4.78 is 0. The predicted octanol–water partition coefficient (Wildman–Crippen LogP) is -0.418. The van der Waals surface area contributed by atoms with Gasteiger partial charge < -0.3 is 17.0 Å². The maximum absolute atomic E-state index is 9.52. The number of carboxylic acids is 1. The molecule has 0 unspecified atom stereocenters. The summed E-state index contributed by atoms with van der Waals surface area (Å²) in [4.78, 5) is 9.52. The van der Waals surface area contributed by atoms with Gasteiger partial charge in [-0.3, -0.25) is 4.79 Å². The van der Waals surface area contributed by atoms with E-state index in [1.165, 1.54) is 0 Å². The first-order valence-electron chi connectivity index (χ1n) is 1.69. The molecule has 0 heterocycles. The van der Waals surface area contributed by atoms with Gasteiger partial charge in [0, 0.05) is 6.54 Å². The van der Waals surface area contributed by atoms with E-state index in [9.17, 15) is 4.79 Å². The molecule has 6 N–H and O–H groups in total. The van der Waals surface area contributed by atoms with Crippen molar-refractivity contribution in [1.29, 1.82) is 0 Å². The van der Waals surface area contributed by atoms with Crippen LogP contribution in [0, 0.1) is 0 Å². The van der Waals surface area contributed by atoms with Crippen LogP contribution < -0.4 is 11.9 Å². The molecule has 0 aliphatic rings. The Kier molecular flexibility index (Phi) is 7.42. The lowest BCUT2D eigenvalue weighted by atomic mass is 10.5. The van der Waals surface area contributed by atoms with Crippen LogP contribution in [0.2, 0.25) is 0 Å². The highest BCUT2D eigenvalue weighted by atomic mass is 16.4. The Hall–Kier alpha value is -0.610. The molecule has 0 fully saturated rings. The lowest BCUT2D eigenvalue weighted by Gasteiger charge is -1.80. The van der Waals surface area contributed by atoms with Crippen molar-refractivity contribution in [3.63, 3.8) is 0 Å². The third-order valence-corrected chi connectivity index (χ3v) is 0.358. The molecule has 0 saturated heterocycles. The molecule has 0 aromatic carbocycles. The molecular weight excluding hydrogens is 96.0 g/mol. The monoisotopic (exact) mass is 106 g/mol. The highest BCUT2D eigenvalue weighted by molar-refractivity contribution is 5.66. The first-order valence-corrected chi connectivity index (χ1v) is 1.69. The summed E-state index contributed by atoms with van der Waals surface area (Å²) in [6.07, 6.45) is 0.0694. The Morgan fingerprint density at radius 2 is 2.14 bits per heavy atom. The van der Waals surface area contributed by atoms with E-state index < -0.39 is 5.97 Å². The Labute approximate surface area is 41.9 Å². The van der Waals surface area contributed by atoms with E-state index in [1.54, 1.807) is 0 Å². The summed E-state index contributed by atoms with van der Waals surface area (Å²) in [5, 5.41) is 7.83. The van der Waals surface area contributed by atoms with E-state index in [0.717, 1.165) is 0 Å². The maximum Gasteiger partial charge on any atom is 0.304 e. The molecule has 0 atom stereocenters. The second-order valence-corrected chi connectivity index (χ2v) is 0.932. The van der Waals surface area contributed by atoms with Crippen molar-refractivity contribution in [3.05, 3.63) is 0 Å². The molecule has 7 heavy (non-hydrogen) atoms. The largest absolute Gasteiger partial charge is 0.481 e. The Morgan fingerprint density at radius 3 is 2.14 bits per heavy atom. The lowest BCUT2D eigenvalue weighted by molar-refractivity contribution is -0.136. The highest BCUT2D eigenvalue weighted by Crippen LogP contribution is 1.67. The zero-order valence-electron chi connectivity index (χ0n) is 4.05. The van der Waals surface area contributed by atoms with Crippen LogP contribution in [0.15, 0.2) is 0 Å². The van der Waals surface area contributed by atoms with Gasteiger partial charge in [-0.25, -0.2) is 0 Å². The third-order valence-electron chi connectivity index (χ3n) is 0.358. The summed E-state index contributed by atoms with van der Waals surface area (Å²) in [6.45, 7) is 0.231. The Morgan fingerprint density at radius 1 is 1.71 bits per heavy atom. The molecule has 0 bridgehead atoms. The van der Waals surface area contributed by atoms with Gasteiger partial charge in [0.1, 0.15) is 0 Å². The number of rotatable bonds is 2. The minimum absolute atomic E-state index is 0. The quantitative estimate of drug-likeness (QED) is 0.445. The van der Waals surface area contributed by atoms with Crippen LogP contribution in [-0.4, -0.2) is 17.6 Å². The number of carbonyl (C=O) groups is 1. The molecule has 4 heteroatoms. The second-order valence-electron chi connectivity index (χ2n) is 0.932. The van der Waals surface area contributed by atoms with Crippen molar-refractivity contribution in [3.8, 4) is 0 Å². The Bertz CT molecular complexity index is 54.9. The average molecular weight is 106 g/mol. The minimum atomic E-state index is -0.836. The van der Waals surface area contributed by atoms with Gasteiger partial charge in [-0.1, -0.05) is 0 Å². The minimum Gasteiger partial charge on any atom is -0.481 e. The number of hydrogen-bond donors (Lipinski definition) is 3. The molecule has 44 valence electrons. The zero-order chi connectivity index (χ0) is 4.99. The van der Waals surface area contributed by atoms with Crippen molar-refractivity contribution in [2.24, 2.45) is 5.73 Å². The number of carboxylic acid groups (broad SMARTS) is 1. The molecule has 0 aliphatic heterocycles. The molecule has 0 aromatic heterocycles. The normalized spacial score (nSPS) is 7.00. The van der Waals surface area contributed by atoms with E-state index in [-0.39, 0.29) is 19.1 Å². The summed E-state index contributed by atoms with van der Waals surface area (Å²) in [5.74, 6) is -0.836. The SMILES string of the molecule is N.NCCC(=O)O. The van der Waals surface area contributed by atoms with E-state index in [2.05, 4.69) is 0 Å². The van der Waals surface area contributed by atoms with Crippen LogP contribution in [0.1, 0.15) is 6.42 Å². The van der Waals surface area contributed by atoms with Gasteiger partial charge in [-0.15, -0.1) is 0 Å². The standard InChI is InChI=1S/C3H7NO2.H3N/c4-2-1-3(5)6;/h1-2,4H2,(H,5,6);1H3. The molecule has 0 saturated carbocycles. The van der Waals surface area contributed by atoms with Crippen molar-refractivity contribution in [2.45, 2.75) is 6.42 Å². The van der Waals surface area contributed by atoms with Gasteiger partial charge in [-0.05, 0) is 0 Å². The van der Waals surface area contributed by atoms with E-state index >= 15 is 0 Å². The van der Waals surface area contributed by atoms with Gasteiger partial charge in [0.15, 0.2) is 0 Å². The van der Waals surface area contributed by atoms with Crippen molar-refractivity contribution >= 4 is 5.97 Å².